The number of benzene rings is 1. The van der Waals surface area contributed by atoms with Gasteiger partial charge in [-0.05, 0) is 50.3 Å². The van der Waals surface area contributed by atoms with Crippen LogP contribution in [-0.4, -0.2) is 23.8 Å². The van der Waals surface area contributed by atoms with E-state index in [0.29, 0.717) is 18.3 Å². The van der Waals surface area contributed by atoms with Gasteiger partial charge in [0.25, 0.3) is 0 Å². The van der Waals surface area contributed by atoms with Crippen LogP contribution in [0.5, 0.6) is 0 Å². The zero-order chi connectivity index (χ0) is 16.2. The van der Waals surface area contributed by atoms with E-state index >= 15 is 0 Å². The van der Waals surface area contributed by atoms with E-state index in [4.69, 9.17) is 4.74 Å². The number of Topliss-reactive ketones (excluding diaryl/α,β-unsaturated/α-hetero) is 1. The Morgan fingerprint density at radius 2 is 1.68 bits per heavy atom. The first kappa shape index (κ1) is 16.7. The van der Waals surface area contributed by atoms with Crippen LogP contribution in [0.1, 0.15) is 70.4 Å². The SMILES string of the molecule is CC.CC1(C)COC(c2ccc(C3CCC(=O)CC3)cc2)=N1. The second-order valence-corrected chi connectivity index (χ2v) is 6.45. The molecule has 0 unspecified atom stereocenters. The molecule has 3 heteroatoms. The summed E-state index contributed by atoms with van der Waals surface area (Å²) >= 11 is 0. The molecule has 0 N–H and O–H groups in total. The highest BCUT2D eigenvalue weighted by molar-refractivity contribution is 5.95. The Balaban J connectivity index is 0.000000847. The number of carbonyl (C=O) groups excluding carboxylic acids is 1. The van der Waals surface area contributed by atoms with Crippen molar-refractivity contribution in [1.29, 1.82) is 0 Å². The average molecular weight is 301 g/mol. The van der Waals surface area contributed by atoms with Crippen LogP contribution in [0.4, 0.5) is 0 Å². The molecule has 22 heavy (non-hydrogen) atoms. The van der Waals surface area contributed by atoms with Gasteiger partial charge < -0.3 is 4.74 Å². The van der Waals surface area contributed by atoms with Crippen molar-refractivity contribution in [2.45, 2.75) is 64.8 Å². The standard InChI is InChI=1S/C17H21NO2.C2H6/c1-17(2)11-20-16(18-17)14-5-3-12(4-6-14)13-7-9-15(19)10-8-13;1-2/h3-6,13H,7-11H2,1-2H3;1-2H3. The molecule has 0 radical (unpaired) electrons. The molecule has 1 saturated carbocycles. The number of aliphatic imine (C=N–C) groups is 1. The summed E-state index contributed by atoms with van der Waals surface area (Å²) < 4.78 is 5.66. The van der Waals surface area contributed by atoms with E-state index in [1.807, 2.05) is 13.8 Å². The van der Waals surface area contributed by atoms with Crippen LogP contribution in [-0.2, 0) is 9.53 Å². The summed E-state index contributed by atoms with van der Waals surface area (Å²) in [7, 11) is 0. The summed E-state index contributed by atoms with van der Waals surface area (Å²) in [6.07, 6.45) is 3.44. The summed E-state index contributed by atoms with van der Waals surface area (Å²) in [5, 5.41) is 0. The summed E-state index contributed by atoms with van der Waals surface area (Å²) in [5.74, 6) is 1.69. The second-order valence-electron chi connectivity index (χ2n) is 6.45. The molecule has 3 rings (SSSR count). The number of ether oxygens (including phenoxy) is 1. The monoisotopic (exact) mass is 301 g/mol. The molecule has 0 bridgehead atoms. The number of nitrogens with zero attached hydrogens (tertiary/aromatic N) is 1. The highest BCUT2D eigenvalue weighted by Crippen LogP contribution is 2.31. The second kappa shape index (κ2) is 7.08. The number of hydrogen-bond donors (Lipinski definition) is 0. The van der Waals surface area contributed by atoms with Gasteiger partial charge in [-0.25, -0.2) is 4.99 Å². The Bertz CT molecular complexity index is 533. The van der Waals surface area contributed by atoms with Crippen molar-refractivity contribution in [3.05, 3.63) is 35.4 Å². The molecule has 1 aromatic carbocycles. The summed E-state index contributed by atoms with van der Waals surface area (Å²) in [6, 6.07) is 8.50. The maximum atomic E-state index is 11.3. The largest absolute Gasteiger partial charge is 0.475 e. The van der Waals surface area contributed by atoms with Gasteiger partial charge in [0, 0.05) is 18.4 Å². The van der Waals surface area contributed by atoms with Crippen LogP contribution in [0, 0.1) is 0 Å². The first-order valence-corrected chi connectivity index (χ1v) is 8.38. The molecule has 0 aromatic heterocycles. The Morgan fingerprint density at radius 1 is 1.09 bits per heavy atom. The molecule has 2 aliphatic rings. The zero-order valence-corrected chi connectivity index (χ0v) is 14.2. The third kappa shape index (κ3) is 3.96. The fourth-order valence-corrected chi connectivity index (χ4v) is 2.90. The van der Waals surface area contributed by atoms with E-state index in [0.717, 1.165) is 37.1 Å². The normalized spacial score (nSPS) is 20.7. The third-order valence-electron chi connectivity index (χ3n) is 4.14. The van der Waals surface area contributed by atoms with E-state index in [1.54, 1.807) is 0 Å². The fourth-order valence-electron chi connectivity index (χ4n) is 2.90. The Hall–Kier alpha value is -1.64. The number of rotatable bonds is 2. The average Bonchev–Trinajstić information content (AvgIpc) is 2.90. The quantitative estimate of drug-likeness (QED) is 0.807. The van der Waals surface area contributed by atoms with Crippen LogP contribution in [0.25, 0.3) is 0 Å². The Morgan fingerprint density at radius 3 is 2.18 bits per heavy atom. The lowest BCUT2D eigenvalue weighted by Crippen LogP contribution is -2.17. The first-order chi connectivity index (χ1) is 10.5. The molecule has 0 amide bonds. The predicted octanol–water partition coefficient (Wildman–Crippen LogP) is 4.49. The summed E-state index contributed by atoms with van der Waals surface area (Å²) in [5.41, 5.74) is 2.27. The van der Waals surface area contributed by atoms with Crippen LogP contribution in [0.15, 0.2) is 29.3 Å². The van der Waals surface area contributed by atoms with Gasteiger partial charge in [0.1, 0.15) is 12.4 Å². The van der Waals surface area contributed by atoms with E-state index in [-0.39, 0.29) is 5.54 Å². The van der Waals surface area contributed by atoms with E-state index < -0.39 is 0 Å². The molecule has 1 aliphatic heterocycles. The molecule has 0 saturated heterocycles. The van der Waals surface area contributed by atoms with Gasteiger partial charge in [-0.15, -0.1) is 0 Å². The summed E-state index contributed by atoms with van der Waals surface area (Å²) in [6.45, 7) is 8.80. The summed E-state index contributed by atoms with van der Waals surface area (Å²) in [4.78, 5) is 15.9. The van der Waals surface area contributed by atoms with Gasteiger partial charge in [-0.3, -0.25) is 4.79 Å². The smallest absolute Gasteiger partial charge is 0.216 e. The first-order valence-electron chi connectivity index (χ1n) is 8.38. The molecule has 0 spiro atoms. The van der Waals surface area contributed by atoms with Crippen molar-refractivity contribution < 1.29 is 9.53 Å². The minimum Gasteiger partial charge on any atom is -0.475 e. The molecule has 3 nitrogen and oxygen atoms in total. The van der Waals surface area contributed by atoms with Gasteiger partial charge >= 0.3 is 0 Å². The minimum absolute atomic E-state index is 0.113. The van der Waals surface area contributed by atoms with Gasteiger partial charge in [0.2, 0.25) is 5.90 Å². The van der Waals surface area contributed by atoms with Crippen LogP contribution in [0.2, 0.25) is 0 Å². The minimum atomic E-state index is -0.113. The van der Waals surface area contributed by atoms with Crippen LogP contribution >= 0.6 is 0 Å². The van der Waals surface area contributed by atoms with Crippen LogP contribution < -0.4 is 0 Å². The predicted molar refractivity (Wildman–Crippen MR) is 90.6 cm³/mol. The van der Waals surface area contributed by atoms with E-state index in [9.17, 15) is 4.79 Å². The van der Waals surface area contributed by atoms with Gasteiger partial charge in [0.05, 0.1) is 5.54 Å². The van der Waals surface area contributed by atoms with Crippen molar-refractivity contribution in [2.24, 2.45) is 4.99 Å². The van der Waals surface area contributed by atoms with Gasteiger partial charge in [-0.1, -0.05) is 26.0 Å². The van der Waals surface area contributed by atoms with Crippen molar-refractivity contribution in [2.75, 3.05) is 6.61 Å². The van der Waals surface area contributed by atoms with Crippen molar-refractivity contribution in [1.82, 2.24) is 0 Å². The highest BCUT2D eigenvalue weighted by atomic mass is 16.5. The van der Waals surface area contributed by atoms with Gasteiger partial charge in [0.15, 0.2) is 0 Å². The molecule has 0 atom stereocenters. The molecular formula is C19H27NO2. The van der Waals surface area contributed by atoms with Crippen molar-refractivity contribution in [3.8, 4) is 0 Å². The van der Waals surface area contributed by atoms with Gasteiger partial charge in [-0.2, -0.15) is 0 Å². The molecule has 120 valence electrons. The van der Waals surface area contributed by atoms with E-state index in [1.165, 1.54) is 5.56 Å². The number of hydrogen-bond acceptors (Lipinski definition) is 3. The third-order valence-corrected chi connectivity index (χ3v) is 4.14. The molecule has 1 aromatic rings. The lowest BCUT2D eigenvalue weighted by molar-refractivity contribution is -0.120. The molecule has 1 fully saturated rings. The lowest BCUT2D eigenvalue weighted by Gasteiger charge is -2.21. The Kier molecular flexibility index (Phi) is 5.38. The zero-order valence-electron chi connectivity index (χ0n) is 14.2. The fraction of sp³-hybridized carbons (Fsp3) is 0.579. The number of carbonyl (C=O) groups is 1. The van der Waals surface area contributed by atoms with Crippen molar-refractivity contribution in [3.63, 3.8) is 0 Å². The molecule has 1 heterocycles. The lowest BCUT2D eigenvalue weighted by atomic mass is 9.83. The van der Waals surface area contributed by atoms with E-state index in [2.05, 4.69) is 43.1 Å². The Labute approximate surface area is 133 Å². The topological polar surface area (TPSA) is 38.7 Å². The molecule has 1 aliphatic carbocycles. The maximum absolute atomic E-state index is 11.3. The highest BCUT2D eigenvalue weighted by Gasteiger charge is 2.27. The van der Waals surface area contributed by atoms with Crippen LogP contribution in [0.3, 0.4) is 0 Å². The maximum Gasteiger partial charge on any atom is 0.216 e. The van der Waals surface area contributed by atoms with Crippen molar-refractivity contribution >= 4 is 11.7 Å². The molecular weight excluding hydrogens is 274 g/mol. The number of ketones is 1.